The third-order valence-electron chi connectivity index (χ3n) is 0.493. The van der Waals surface area contributed by atoms with Crippen molar-refractivity contribution < 1.29 is 33.7 Å². The molecule has 0 aliphatic rings. The summed E-state index contributed by atoms with van der Waals surface area (Å²) in [4.78, 5) is 10.5. The number of hydrogen-bond acceptors (Lipinski definition) is 1. The van der Waals surface area contributed by atoms with Gasteiger partial charge in [-0.3, -0.25) is 4.90 Å². The fourth-order valence-corrected chi connectivity index (χ4v) is 0. The van der Waals surface area contributed by atoms with Gasteiger partial charge < -0.3 is 29.7 Å². The minimum Gasteiger partial charge on any atom is -1.00 e. The predicted molar refractivity (Wildman–Crippen MR) is 22.4 cm³/mol. The third kappa shape index (κ3) is 6.16. The highest BCUT2D eigenvalue weighted by Gasteiger charge is 1.96. The molecule has 0 atom stereocenters. The van der Waals surface area contributed by atoms with Crippen molar-refractivity contribution in [2.24, 2.45) is 5.73 Å². The summed E-state index contributed by atoms with van der Waals surface area (Å²) in [7, 11) is 3.37. The summed E-state index contributed by atoms with van der Waals surface area (Å²) in [6.45, 7) is 0. The van der Waals surface area contributed by atoms with Crippen LogP contribution >= 0.6 is 0 Å². The van der Waals surface area contributed by atoms with Crippen LogP contribution < -0.4 is 34.6 Å². The van der Waals surface area contributed by atoms with Crippen LogP contribution in [0.2, 0.25) is 0 Å². The van der Waals surface area contributed by atoms with Crippen LogP contribution in [0.5, 0.6) is 0 Å². The Balaban J connectivity index is 0. The standard InChI is InChI=1S/C3H8N2O.HI/c1-5(2)3(4)6;/h1-2H3,(H2,4,6);1H. The van der Waals surface area contributed by atoms with Crippen molar-refractivity contribution in [3.63, 3.8) is 0 Å². The maximum absolute atomic E-state index is 9.88. The molecule has 0 spiro atoms. The first-order valence-corrected chi connectivity index (χ1v) is 1.74. The van der Waals surface area contributed by atoms with E-state index in [1.54, 1.807) is 14.1 Å². The summed E-state index contributed by atoms with van der Waals surface area (Å²) in [6.07, 6.45) is 0. The molecule has 4 heteroatoms. The summed E-state index contributed by atoms with van der Waals surface area (Å²) >= 11 is 0. The van der Waals surface area contributed by atoms with Crippen LogP contribution in [-0.4, -0.2) is 20.1 Å². The summed E-state index contributed by atoms with van der Waals surface area (Å²) in [5, 5.41) is 0. The maximum atomic E-state index is 9.88. The average molecular weight is 216 g/mol. The topological polar surface area (TPSA) is 47.5 Å². The molecule has 0 fully saturated rings. The van der Waals surface area contributed by atoms with Gasteiger partial charge in [0.1, 0.15) is 0 Å². The number of urea groups is 1. The van der Waals surface area contributed by atoms with Crippen molar-refractivity contribution in [2.45, 2.75) is 0 Å². The first-order valence-electron chi connectivity index (χ1n) is 1.74. The van der Waals surface area contributed by atoms with Crippen LogP contribution in [0.15, 0.2) is 0 Å². The minimum atomic E-state index is -0.324. The fraction of sp³-hybridized carbons (Fsp3) is 0.667. The lowest BCUT2D eigenvalue weighted by Crippen LogP contribution is -3.10. The average Bonchev–Trinajstić information content (AvgIpc) is 1.36. The van der Waals surface area contributed by atoms with Gasteiger partial charge >= 0.3 is 6.03 Å². The van der Waals surface area contributed by atoms with Gasteiger partial charge in [0.05, 0.1) is 14.1 Å². The molecule has 0 heterocycles. The van der Waals surface area contributed by atoms with Crippen molar-refractivity contribution in [3.8, 4) is 0 Å². The predicted octanol–water partition coefficient (Wildman–Crippen LogP) is -4.79. The number of rotatable bonds is 0. The van der Waals surface area contributed by atoms with E-state index in [2.05, 4.69) is 0 Å². The Kier molecular flexibility index (Phi) is 6.30. The molecule has 0 aromatic rings. The minimum absolute atomic E-state index is 0. The zero-order valence-electron chi connectivity index (χ0n) is 4.36. The second kappa shape index (κ2) is 4.32. The molecule has 0 radical (unpaired) electrons. The number of halogens is 1. The van der Waals surface area contributed by atoms with E-state index < -0.39 is 0 Å². The van der Waals surface area contributed by atoms with Crippen LogP contribution in [0.4, 0.5) is 4.79 Å². The van der Waals surface area contributed by atoms with E-state index in [1.807, 2.05) is 0 Å². The van der Waals surface area contributed by atoms with E-state index in [0.29, 0.717) is 4.90 Å². The van der Waals surface area contributed by atoms with Gasteiger partial charge in [-0.1, -0.05) is 0 Å². The lowest BCUT2D eigenvalue weighted by Gasteiger charge is -1.94. The van der Waals surface area contributed by atoms with E-state index in [4.69, 9.17) is 5.73 Å². The van der Waals surface area contributed by atoms with E-state index >= 15 is 0 Å². The Bertz CT molecular complexity index is 64.0. The Morgan fingerprint density at radius 2 is 1.71 bits per heavy atom. The van der Waals surface area contributed by atoms with Gasteiger partial charge in [0.25, 0.3) is 0 Å². The van der Waals surface area contributed by atoms with Crippen molar-refractivity contribution in [2.75, 3.05) is 14.1 Å². The smallest absolute Gasteiger partial charge is 0.411 e. The molecule has 0 saturated carbocycles. The molecular formula is C3H9IN2O. The Labute approximate surface area is 59.9 Å². The van der Waals surface area contributed by atoms with Gasteiger partial charge in [0.2, 0.25) is 0 Å². The summed E-state index contributed by atoms with van der Waals surface area (Å²) in [5.74, 6) is 0. The largest absolute Gasteiger partial charge is 1.00 e. The van der Waals surface area contributed by atoms with Crippen LogP contribution in [0.3, 0.4) is 0 Å². The van der Waals surface area contributed by atoms with E-state index in [0.717, 1.165) is 0 Å². The van der Waals surface area contributed by atoms with Crippen molar-refractivity contribution >= 4 is 6.03 Å². The van der Waals surface area contributed by atoms with Gasteiger partial charge in [-0.05, 0) is 0 Å². The molecule has 0 aromatic carbocycles. The third-order valence-corrected chi connectivity index (χ3v) is 0.493. The van der Waals surface area contributed by atoms with Gasteiger partial charge in [-0.2, -0.15) is 0 Å². The normalized spacial score (nSPS) is 7.86. The fourth-order valence-electron chi connectivity index (χ4n) is 0. The molecule has 0 aromatic heterocycles. The van der Waals surface area contributed by atoms with Crippen molar-refractivity contribution in [3.05, 3.63) is 0 Å². The molecule has 7 heavy (non-hydrogen) atoms. The lowest BCUT2D eigenvalue weighted by molar-refractivity contribution is -0.767. The van der Waals surface area contributed by atoms with Gasteiger partial charge in [-0.25, -0.2) is 4.79 Å². The molecule has 0 aliphatic heterocycles. The van der Waals surface area contributed by atoms with E-state index in [1.165, 1.54) is 0 Å². The van der Waals surface area contributed by atoms with E-state index in [9.17, 15) is 4.79 Å². The Hall–Kier alpha value is 0.160. The number of carbonyl (C=O) groups excluding carboxylic acids is 1. The van der Waals surface area contributed by atoms with Crippen LogP contribution in [0.25, 0.3) is 0 Å². The molecule has 3 nitrogen and oxygen atoms in total. The highest BCUT2D eigenvalue weighted by atomic mass is 127. The number of hydrogen-bond donors (Lipinski definition) is 2. The molecule has 44 valence electrons. The number of carbonyl (C=O) groups is 1. The Morgan fingerprint density at radius 1 is 1.57 bits per heavy atom. The lowest BCUT2D eigenvalue weighted by atomic mass is 10.9. The Morgan fingerprint density at radius 3 is 1.71 bits per heavy atom. The van der Waals surface area contributed by atoms with Gasteiger partial charge in [0, 0.05) is 0 Å². The monoisotopic (exact) mass is 216 g/mol. The van der Waals surface area contributed by atoms with Crippen LogP contribution in [0, 0.1) is 0 Å². The van der Waals surface area contributed by atoms with Gasteiger partial charge in [0.15, 0.2) is 0 Å². The number of quaternary nitrogens is 1. The summed E-state index contributed by atoms with van der Waals surface area (Å²) in [5.41, 5.74) is 4.76. The molecule has 0 aliphatic carbocycles. The summed E-state index contributed by atoms with van der Waals surface area (Å²) in [6, 6.07) is -0.324. The summed E-state index contributed by atoms with van der Waals surface area (Å²) < 4.78 is 0. The number of primary amides is 1. The zero-order chi connectivity index (χ0) is 5.15. The highest BCUT2D eigenvalue weighted by molar-refractivity contribution is 5.61. The number of amides is 2. The SMILES string of the molecule is C[NH+](C)C(N)=O.[I-]. The quantitative estimate of drug-likeness (QED) is 0.392. The molecule has 0 rings (SSSR count). The molecular weight excluding hydrogens is 207 g/mol. The van der Waals surface area contributed by atoms with Crippen LogP contribution in [-0.2, 0) is 0 Å². The number of nitrogens with one attached hydrogen (secondary N) is 1. The first kappa shape index (κ1) is 10.2. The molecule has 0 saturated heterocycles. The molecule has 0 unspecified atom stereocenters. The van der Waals surface area contributed by atoms with Crippen molar-refractivity contribution in [1.29, 1.82) is 0 Å². The van der Waals surface area contributed by atoms with Crippen LogP contribution in [0.1, 0.15) is 0 Å². The second-order valence-corrected chi connectivity index (χ2v) is 1.36. The molecule has 0 bridgehead atoms. The maximum Gasteiger partial charge on any atom is 0.411 e. The van der Waals surface area contributed by atoms with Gasteiger partial charge in [-0.15, -0.1) is 0 Å². The second-order valence-electron chi connectivity index (χ2n) is 1.36. The number of nitrogens with two attached hydrogens (primary N) is 1. The molecule has 3 N–H and O–H groups in total. The first-order chi connectivity index (χ1) is 2.64. The van der Waals surface area contributed by atoms with Crippen molar-refractivity contribution in [1.82, 2.24) is 0 Å². The zero-order valence-corrected chi connectivity index (χ0v) is 6.52. The van der Waals surface area contributed by atoms with E-state index in [-0.39, 0.29) is 30.0 Å². The highest BCUT2D eigenvalue weighted by Crippen LogP contribution is 1.30. The molecule has 2 amide bonds.